The van der Waals surface area contributed by atoms with Crippen LogP contribution in [0.3, 0.4) is 0 Å². The molecule has 2 aliphatic heterocycles. The number of carbonyl (C=O) groups excluding carboxylic acids is 1. The molecule has 29 heavy (non-hydrogen) atoms. The highest BCUT2D eigenvalue weighted by molar-refractivity contribution is 9.10. The number of benzene rings is 1. The summed E-state index contributed by atoms with van der Waals surface area (Å²) in [6.07, 6.45) is 1.77. The van der Waals surface area contributed by atoms with Gasteiger partial charge in [0.2, 0.25) is 5.82 Å². The first-order chi connectivity index (χ1) is 14.0. The lowest BCUT2D eigenvalue weighted by Crippen LogP contribution is -2.43. The fourth-order valence-corrected chi connectivity index (χ4v) is 4.52. The highest BCUT2D eigenvalue weighted by atomic mass is 79.9. The molecule has 9 heteroatoms. The number of amides is 1. The summed E-state index contributed by atoms with van der Waals surface area (Å²) in [5.41, 5.74) is 1.66. The molecule has 0 saturated carbocycles. The van der Waals surface area contributed by atoms with Gasteiger partial charge in [0.05, 0.1) is 24.0 Å². The van der Waals surface area contributed by atoms with Crippen molar-refractivity contribution in [3.63, 3.8) is 0 Å². The molecule has 1 saturated heterocycles. The van der Waals surface area contributed by atoms with Gasteiger partial charge < -0.3 is 10.1 Å². The summed E-state index contributed by atoms with van der Waals surface area (Å²) in [5, 5.41) is 7.09. The Labute approximate surface area is 176 Å². The molecular formula is C20H19BrN6O2. The number of rotatable bonds is 2. The van der Waals surface area contributed by atoms with E-state index in [1.165, 1.54) is 0 Å². The van der Waals surface area contributed by atoms with Crippen molar-refractivity contribution >= 4 is 21.8 Å². The van der Waals surface area contributed by atoms with Gasteiger partial charge in [0.1, 0.15) is 5.82 Å². The van der Waals surface area contributed by atoms with Crippen LogP contribution < -0.4 is 5.32 Å². The molecular weight excluding hydrogens is 436 g/mol. The maximum Gasteiger partial charge on any atom is 0.290 e. The standard InChI is InChI=1S/C20H19BrN6O2/c1-12-10-26-11-17-24-18(19(28)22-2)25-27(17)15-7-6-13(21)9-14(15)20(26,29-12)16-5-3-4-8-23-16/h3-9,12H,10-11H2,1-2H3,(H,22,28). The summed E-state index contributed by atoms with van der Waals surface area (Å²) in [5.74, 6) is 0.517. The summed E-state index contributed by atoms with van der Waals surface area (Å²) in [4.78, 5) is 23.5. The predicted molar refractivity (Wildman–Crippen MR) is 108 cm³/mol. The maximum absolute atomic E-state index is 12.1. The second-order valence-electron chi connectivity index (χ2n) is 7.17. The summed E-state index contributed by atoms with van der Waals surface area (Å²) < 4.78 is 9.25. The van der Waals surface area contributed by atoms with Crippen molar-refractivity contribution in [3.8, 4) is 5.69 Å². The number of halogens is 1. The monoisotopic (exact) mass is 454 g/mol. The zero-order chi connectivity index (χ0) is 20.2. The average Bonchev–Trinajstić information content (AvgIpc) is 3.27. The van der Waals surface area contributed by atoms with Crippen molar-refractivity contribution in [2.75, 3.05) is 13.6 Å². The number of aromatic nitrogens is 4. The molecule has 0 radical (unpaired) electrons. The SMILES string of the molecule is CNC(=O)c1nc2n(n1)-c1ccc(Br)cc1C1(c3ccccn3)OC(C)CN1C2. The van der Waals surface area contributed by atoms with Crippen LogP contribution in [-0.4, -0.2) is 50.3 Å². The van der Waals surface area contributed by atoms with Crippen molar-refractivity contribution in [1.82, 2.24) is 30.0 Å². The molecule has 3 aromatic rings. The number of pyridine rings is 1. The number of ether oxygens (including phenoxy) is 1. The Morgan fingerprint density at radius 3 is 2.97 bits per heavy atom. The lowest BCUT2D eigenvalue weighted by molar-refractivity contribution is -0.0790. The van der Waals surface area contributed by atoms with Crippen LogP contribution in [0.15, 0.2) is 47.1 Å². The summed E-state index contributed by atoms with van der Waals surface area (Å²) in [6.45, 7) is 3.22. The molecule has 0 spiro atoms. The van der Waals surface area contributed by atoms with Crippen molar-refractivity contribution in [2.24, 2.45) is 0 Å². The molecule has 5 rings (SSSR count). The molecule has 2 atom stereocenters. The Bertz CT molecular complexity index is 1100. The Hall–Kier alpha value is -2.62. The normalized spacial score (nSPS) is 23.1. The molecule has 1 amide bonds. The summed E-state index contributed by atoms with van der Waals surface area (Å²) in [6, 6.07) is 11.8. The van der Waals surface area contributed by atoms with E-state index in [4.69, 9.17) is 4.74 Å². The molecule has 148 valence electrons. The summed E-state index contributed by atoms with van der Waals surface area (Å²) in [7, 11) is 1.57. The fourth-order valence-electron chi connectivity index (χ4n) is 4.16. The zero-order valence-corrected chi connectivity index (χ0v) is 17.5. The Morgan fingerprint density at radius 1 is 1.34 bits per heavy atom. The molecule has 0 bridgehead atoms. The first kappa shape index (κ1) is 18.4. The van der Waals surface area contributed by atoms with Gasteiger partial charge in [-0.25, -0.2) is 9.67 Å². The molecule has 0 aliphatic carbocycles. The third kappa shape index (κ3) is 2.72. The Kier molecular flexibility index (Phi) is 4.27. The van der Waals surface area contributed by atoms with E-state index >= 15 is 0 Å². The molecule has 4 heterocycles. The van der Waals surface area contributed by atoms with Crippen LogP contribution >= 0.6 is 15.9 Å². The van der Waals surface area contributed by atoms with Crippen LogP contribution in [-0.2, 0) is 17.0 Å². The predicted octanol–water partition coefficient (Wildman–Crippen LogP) is 2.22. The highest BCUT2D eigenvalue weighted by Crippen LogP contribution is 2.47. The van der Waals surface area contributed by atoms with E-state index in [0.717, 1.165) is 21.4 Å². The number of carbonyl (C=O) groups is 1. The van der Waals surface area contributed by atoms with E-state index in [1.807, 2.05) is 36.4 Å². The van der Waals surface area contributed by atoms with E-state index in [2.05, 4.69) is 48.1 Å². The number of fused-ring (bicyclic) bond motifs is 5. The van der Waals surface area contributed by atoms with Crippen LogP contribution in [0.5, 0.6) is 0 Å². The van der Waals surface area contributed by atoms with E-state index in [1.54, 1.807) is 17.9 Å². The van der Waals surface area contributed by atoms with E-state index in [0.29, 0.717) is 18.9 Å². The quantitative estimate of drug-likeness (QED) is 0.638. The molecule has 1 N–H and O–H groups in total. The molecule has 2 unspecified atom stereocenters. The lowest BCUT2D eigenvalue weighted by Gasteiger charge is -2.36. The number of nitrogens with one attached hydrogen (secondary N) is 1. The number of hydrogen-bond donors (Lipinski definition) is 1. The minimum atomic E-state index is -0.866. The van der Waals surface area contributed by atoms with Gasteiger partial charge in [0.25, 0.3) is 5.91 Å². The van der Waals surface area contributed by atoms with Gasteiger partial charge in [0, 0.05) is 29.8 Å². The number of hydrogen-bond acceptors (Lipinski definition) is 6. The van der Waals surface area contributed by atoms with Crippen molar-refractivity contribution in [1.29, 1.82) is 0 Å². The lowest BCUT2D eigenvalue weighted by atomic mass is 9.95. The van der Waals surface area contributed by atoms with Crippen LogP contribution in [0.2, 0.25) is 0 Å². The van der Waals surface area contributed by atoms with Crippen LogP contribution in [0.1, 0.15) is 34.6 Å². The van der Waals surface area contributed by atoms with Gasteiger partial charge in [-0.1, -0.05) is 22.0 Å². The molecule has 8 nitrogen and oxygen atoms in total. The highest BCUT2D eigenvalue weighted by Gasteiger charge is 2.53. The van der Waals surface area contributed by atoms with Gasteiger partial charge >= 0.3 is 0 Å². The van der Waals surface area contributed by atoms with Crippen molar-refractivity contribution in [2.45, 2.75) is 25.3 Å². The van der Waals surface area contributed by atoms with Crippen LogP contribution in [0.25, 0.3) is 5.69 Å². The minimum absolute atomic E-state index is 0.00304. The van der Waals surface area contributed by atoms with Crippen LogP contribution in [0, 0.1) is 0 Å². The van der Waals surface area contributed by atoms with Crippen molar-refractivity contribution < 1.29 is 9.53 Å². The van der Waals surface area contributed by atoms with Gasteiger partial charge in [0.15, 0.2) is 5.72 Å². The first-order valence-electron chi connectivity index (χ1n) is 9.35. The van der Waals surface area contributed by atoms with Gasteiger partial charge in [-0.2, -0.15) is 0 Å². The van der Waals surface area contributed by atoms with Gasteiger partial charge in [-0.15, -0.1) is 5.10 Å². The smallest absolute Gasteiger partial charge is 0.290 e. The van der Waals surface area contributed by atoms with Crippen molar-refractivity contribution in [3.05, 3.63) is 70.0 Å². The first-order valence-corrected chi connectivity index (χ1v) is 10.1. The van der Waals surface area contributed by atoms with E-state index in [-0.39, 0.29) is 17.8 Å². The second kappa shape index (κ2) is 6.72. The minimum Gasteiger partial charge on any atom is -0.352 e. The average molecular weight is 455 g/mol. The fraction of sp³-hybridized carbons (Fsp3) is 0.300. The maximum atomic E-state index is 12.1. The van der Waals surface area contributed by atoms with Gasteiger partial charge in [-0.05, 0) is 37.3 Å². The molecule has 2 aromatic heterocycles. The Balaban J connectivity index is 1.81. The molecule has 1 fully saturated rings. The third-order valence-electron chi connectivity index (χ3n) is 5.30. The third-order valence-corrected chi connectivity index (χ3v) is 5.79. The largest absolute Gasteiger partial charge is 0.352 e. The second-order valence-corrected chi connectivity index (χ2v) is 8.09. The topological polar surface area (TPSA) is 85.2 Å². The zero-order valence-electron chi connectivity index (χ0n) is 16.0. The van der Waals surface area contributed by atoms with E-state index in [9.17, 15) is 4.79 Å². The molecule has 1 aromatic carbocycles. The Morgan fingerprint density at radius 2 is 2.21 bits per heavy atom. The molecule has 2 aliphatic rings. The number of nitrogens with zero attached hydrogens (tertiary/aromatic N) is 5. The van der Waals surface area contributed by atoms with Gasteiger partial charge in [-0.3, -0.25) is 14.7 Å². The van der Waals surface area contributed by atoms with Crippen LogP contribution in [0.4, 0.5) is 0 Å². The summed E-state index contributed by atoms with van der Waals surface area (Å²) >= 11 is 3.60. The van der Waals surface area contributed by atoms with E-state index < -0.39 is 5.72 Å².